The topological polar surface area (TPSA) is 158 Å². The molecule has 3 aromatic carbocycles. The van der Waals surface area contributed by atoms with Crippen molar-refractivity contribution in [2.24, 2.45) is 0 Å². The highest BCUT2D eigenvalue weighted by molar-refractivity contribution is 6.01. The molecule has 0 atom stereocenters. The summed E-state index contributed by atoms with van der Waals surface area (Å²) in [7, 11) is 3.31. The fourth-order valence-corrected chi connectivity index (χ4v) is 3.99. The summed E-state index contributed by atoms with van der Waals surface area (Å²) in [6.45, 7) is 6.00. The van der Waals surface area contributed by atoms with Crippen LogP contribution >= 0.6 is 0 Å². The maximum Gasteiger partial charge on any atom is 0.323 e. The minimum Gasteiger partial charge on any atom is -0.412 e. The molecule has 42 heavy (non-hydrogen) atoms. The molecule has 0 aliphatic rings. The summed E-state index contributed by atoms with van der Waals surface area (Å²) in [5.74, 6) is -0.293. The number of nitrogens with two attached hydrogens (primary N) is 1. The van der Waals surface area contributed by atoms with Crippen LogP contribution in [0.1, 0.15) is 13.2 Å². The number of pyridine rings is 1. The predicted molar refractivity (Wildman–Crippen MR) is 169 cm³/mol. The summed E-state index contributed by atoms with van der Waals surface area (Å²) in [6, 6.07) is 19.5. The summed E-state index contributed by atoms with van der Waals surface area (Å²) in [4.78, 5) is 39.0. The van der Waals surface area contributed by atoms with Crippen molar-refractivity contribution >= 4 is 40.0 Å². The van der Waals surface area contributed by atoms with Crippen molar-refractivity contribution in [1.82, 2.24) is 19.9 Å². The van der Waals surface area contributed by atoms with E-state index in [0.717, 1.165) is 11.1 Å². The molecule has 10 nitrogen and oxygen atoms in total. The molecule has 0 aliphatic carbocycles. The molecule has 0 aliphatic heterocycles. The van der Waals surface area contributed by atoms with E-state index in [1.165, 1.54) is 17.0 Å². The van der Waals surface area contributed by atoms with Crippen LogP contribution in [0.3, 0.4) is 0 Å². The molecule has 0 unspecified atom stereocenters. The van der Waals surface area contributed by atoms with Crippen LogP contribution in [0.5, 0.6) is 0 Å². The molecular formula is C31H34FN7O3. The van der Waals surface area contributed by atoms with Crippen LogP contribution in [0.15, 0.2) is 98.3 Å². The van der Waals surface area contributed by atoms with E-state index in [2.05, 4.69) is 38.7 Å². The van der Waals surface area contributed by atoms with E-state index in [9.17, 15) is 14.0 Å². The number of halogens is 1. The van der Waals surface area contributed by atoms with E-state index in [-0.39, 0.29) is 31.6 Å². The number of nitrogens with zero attached hydrogens (tertiary/aromatic N) is 4. The third-order valence-electron chi connectivity index (χ3n) is 5.99. The number of rotatable bonds is 5. The number of fused-ring (bicyclic) bond motifs is 1. The number of anilines is 3. The summed E-state index contributed by atoms with van der Waals surface area (Å²) in [6.07, 6.45) is 3.46. The standard InChI is InChI=1S/C29H24FN7O2.C2H4.H2O.2H2/c1-37(2)28(38)17-5-9-21(10-6-17)33-29(39)35-24-12-8-19(14-23(24)30)27-34-25-15-18(20-4-3-13-32-16-20)7-11-22(25)26(31)36-27;1-2;;;/h3-16H,1-2H3,(H2,31,34,36)(H2,33,35,39);1-2H2;1H2;2*1H. The predicted octanol–water partition coefficient (Wildman–Crippen LogP) is 5.90. The zero-order valence-electron chi connectivity index (χ0n) is 23.1. The van der Waals surface area contributed by atoms with Crippen molar-refractivity contribution in [3.63, 3.8) is 0 Å². The number of nitrogen functional groups attached to an aromatic ring is 1. The van der Waals surface area contributed by atoms with Crippen LogP contribution in [0.4, 0.5) is 26.4 Å². The van der Waals surface area contributed by atoms with Crippen molar-refractivity contribution in [2.75, 3.05) is 30.5 Å². The van der Waals surface area contributed by atoms with Gasteiger partial charge in [0.2, 0.25) is 0 Å². The van der Waals surface area contributed by atoms with Crippen molar-refractivity contribution in [1.29, 1.82) is 0 Å². The van der Waals surface area contributed by atoms with E-state index >= 15 is 0 Å². The van der Waals surface area contributed by atoms with Crippen LogP contribution in [0.2, 0.25) is 0 Å². The zero-order valence-corrected chi connectivity index (χ0v) is 23.1. The Kier molecular flexibility index (Phi) is 9.99. The van der Waals surface area contributed by atoms with E-state index in [0.29, 0.717) is 27.7 Å². The van der Waals surface area contributed by atoms with E-state index in [1.807, 2.05) is 30.3 Å². The number of aromatic nitrogens is 3. The Morgan fingerprint density at radius 3 is 2.26 bits per heavy atom. The van der Waals surface area contributed by atoms with Gasteiger partial charge in [0.1, 0.15) is 11.6 Å². The fourth-order valence-electron chi connectivity index (χ4n) is 3.99. The van der Waals surface area contributed by atoms with Crippen LogP contribution in [0.25, 0.3) is 33.4 Å². The number of carbonyl (C=O) groups is 2. The quantitative estimate of drug-likeness (QED) is 0.223. The van der Waals surface area contributed by atoms with E-state index in [4.69, 9.17) is 5.73 Å². The van der Waals surface area contributed by atoms with Gasteiger partial charge in [0.25, 0.3) is 5.91 Å². The van der Waals surface area contributed by atoms with Gasteiger partial charge in [-0.25, -0.2) is 19.2 Å². The third kappa shape index (κ3) is 6.90. The molecule has 11 heteroatoms. The molecule has 218 valence electrons. The van der Waals surface area contributed by atoms with Crippen molar-refractivity contribution in [3.05, 3.63) is 110 Å². The summed E-state index contributed by atoms with van der Waals surface area (Å²) in [5, 5.41) is 5.79. The smallest absolute Gasteiger partial charge is 0.323 e. The van der Waals surface area contributed by atoms with Gasteiger partial charge < -0.3 is 26.7 Å². The Morgan fingerprint density at radius 2 is 1.62 bits per heavy atom. The Morgan fingerprint density at radius 1 is 0.905 bits per heavy atom. The van der Waals surface area contributed by atoms with Gasteiger partial charge in [0.05, 0.1) is 11.2 Å². The van der Waals surface area contributed by atoms with Crippen molar-refractivity contribution in [2.45, 2.75) is 0 Å². The molecule has 0 radical (unpaired) electrons. The highest BCUT2D eigenvalue weighted by Crippen LogP contribution is 2.29. The average molecular weight is 572 g/mol. The van der Waals surface area contributed by atoms with Crippen LogP contribution < -0.4 is 16.4 Å². The van der Waals surface area contributed by atoms with Gasteiger partial charge in [0.15, 0.2) is 5.82 Å². The van der Waals surface area contributed by atoms with Gasteiger partial charge in [-0.2, -0.15) is 0 Å². The van der Waals surface area contributed by atoms with Gasteiger partial charge in [0, 0.05) is 57.1 Å². The van der Waals surface area contributed by atoms with E-state index < -0.39 is 11.8 Å². The number of hydrogen-bond donors (Lipinski definition) is 3. The minimum atomic E-state index is -0.666. The fraction of sp³-hybridized carbons (Fsp3) is 0.0645. The Bertz CT molecular complexity index is 1720. The van der Waals surface area contributed by atoms with Crippen molar-refractivity contribution < 1.29 is 22.3 Å². The third-order valence-corrected chi connectivity index (χ3v) is 5.99. The lowest BCUT2D eigenvalue weighted by atomic mass is 10.1. The van der Waals surface area contributed by atoms with Crippen LogP contribution in [0, 0.1) is 5.82 Å². The molecule has 0 spiro atoms. The van der Waals surface area contributed by atoms with E-state index in [1.54, 1.807) is 56.8 Å². The van der Waals surface area contributed by atoms with Gasteiger partial charge in [-0.15, -0.1) is 13.2 Å². The van der Waals surface area contributed by atoms with Gasteiger partial charge in [-0.3, -0.25) is 9.78 Å². The summed E-state index contributed by atoms with van der Waals surface area (Å²) in [5.41, 5.74) is 9.95. The van der Waals surface area contributed by atoms with Gasteiger partial charge >= 0.3 is 6.03 Å². The number of nitrogens with one attached hydrogen (secondary N) is 2. The largest absolute Gasteiger partial charge is 0.412 e. The second-order valence-corrected chi connectivity index (χ2v) is 8.96. The highest BCUT2D eigenvalue weighted by Gasteiger charge is 2.14. The number of urea groups is 1. The maximum absolute atomic E-state index is 15.0. The number of amides is 3. The molecule has 2 heterocycles. The van der Waals surface area contributed by atoms with Gasteiger partial charge in [-0.05, 0) is 66.2 Å². The summed E-state index contributed by atoms with van der Waals surface area (Å²) >= 11 is 0. The first-order valence-electron chi connectivity index (χ1n) is 12.5. The average Bonchev–Trinajstić information content (AvgIpc) is 2.99. The molecule has 0 bridgehead atoms. The molecule has 5 aromatic rings. The molecule has 0 fully saturated rings. The molecule has 5 rings (SSSR count). The second kappa shape index (κ2) is 13.6. The normalized spacial score (nSPS) is 10.1. The first kappa shape index (κ1) is 30.9. The second-order valence-electron chi connectivity index (χ2n) is 8.96. The Labute approximate surface area is 245 Å². The first-order valence-corrected chi connectivity index (χ1v) is 12.5. The maximum atomic E-state index is 15.0. The Balaban J connectivity index is 0.00000190. The number of carbonyl (C=O) groups excluding carboxylic acids is 2. The first-order chi connectivity index (χ1) is 19.8. The van der Waals surface area contributed by atoms with Crippen molar-refractivity contribution in [3.8, 4) is 22.5 Å². The van der Waals surface area contributed by atoms with Crippen LogP contribution in [-0.2, 0) is 0 Å². The number of benzene rings is 3. The monoisotopic (exact) mass is 571 g/mol. The SMILES string of the molecule is C=C.CN(C)C(=O)c1ccc(NC(=O)Nc2ccc(-c3nc(N)c4ccc(-c5cccnc5)cc4n3)cc2F)cc1.O.[HH].[HH]. The molecule has 0 saturated heterocycles. The molecular weight excluding hydrogens is 537 g/mol. The highest BCUT2D eigenvalue weighted by atomic mass is 19.1. The van der Waals surface area contributed by atoms with Gasteiger partial charge in [-0.1, -0.05) is 12.1 Å². The number of hydrogen-bond acceptors (Lipinski definition) is 6. The lowest BCUT2D eigenvalue weighted by molar-refractivity contribution is 0.0827. The zero-order chi connectivity index (χ0) is 29.5. The Hall–Kier alpha value is -5.68. The molecule has 6 N–H and O–H groups in total. The lowest BCUT2D eigenvalue weighted by Crippen LogP contribution is -2.22. The molecule has 3 amide bonds. The molecule has 2 aromatic heterocycles. The molecule has 0 saturated carbocycles. The summed E-state index contributed by atoms with van der Waals surface area (Å²) < 4.78 is 15.0. The van der Waals surface area contributed by atoms with Crippen LogP contribution in [-0.4, -0.2) is 51.4 Å². The minimum absolute atomic E-state index is 0. The lowest BCUT2D eigenvalue weighted by Gasteiger charge is -2.12.